The molecule has 3 rings (SSSR count). The van der Waals surface area contributed by atoms with Gasteiger partial charge in [-0.2, -0.15) is 0 Å². The van der Waals surface area contributed by atoms with Crippen molar-refractivity contribution in [2.24, 2.45) is 5.73 Å². The number of nitrogens with one attached hydrogen (secondary N) is 2. The van der Waals surface area contributed by atoms with Crippen LogP contribution in [0.1, 0.15) is 44.2 Å². The number of amides is 3. The normalized spacial score (nSPS) is 16.8. The summed E-state index contributed by atoms with van der Waals surface area (Å²) >= 11 is 0. The lowest BCUT2D eigenvalue weighted by Crippen LogP contribution is -2.58. The second-order valence-electron chi connectivity index (χ2n) is 6.95. The standard InChI is InChI=1S/C20H25N3O3/c1-13(22-19(25)23-20(18(21)24)9-3-4-10-20)14-5-6-16-12-17(26-2)8-7-15(16)11-14/h5-8,11-13H,3-4,9-10H2,1-2H3,(H2,21,24)(H2,22,23,25)/t13-/m1/s1. The van der Waals surface area contributed by atoms with Gasteiger partial charge in [0.1, 0.15) is 11.3 Å². The molecule has 138 valence electrons. The van der Waals surface area contributed by atoms with Gasteiger partial charge in [0.05, 0.1) is 13.2 Å². The highest BCUT2D eigenvalue weighted by molar-refractivity contribution is 5.90. The molecule has 1 fully saturated rings. The van der Waals surface area contributed by atoms with Crippen LogP contribution >= 0.6 is 0 Å². The molecule has 0 aliphatic heterocycles. The molecule has 0 aromatic heterocycles. The highest BCUT2D eigenvalue weighted by atomic mass is 16.5. The number of carbonyl (C=O) groups is 2. The summed E-state index contributed by atoms with van der Waals surface area (Å²) in [6.07, 6.45) is 2.99. The van der Waals surface area contributed by atoms with Crippen molar-refractivity contribution in [3.8, 4) is 5.75 Å². The molecule has 0 unspecified atom stereocenters. The maximum atomic E-state index is 12.4. The van der Waals surface area contributed by atoms with Gasteiger partial charge in [0.2, 0.25) is 5.91 Å². The van der Waals surface area contributed by atoms with Crippen molar-refractivity contribution in [3.05, 3.63) is 42.0 Å². The predicted octanol–water partition coefficient (Wildman–Crippen LogP) is 3.01. The van der Waals surface area contributed by atoms with Crippen molar-refractivity contribution in [2.45, 2.75) is 44.2 Å². The van der Waals surface area contributed by atoms with Gasteiger partial charge in [-0.05, 0) is 54.3 Å². The molecule has 0 heterocycles. The second-order valence-corrected chi connectivity index (χ2v) is 6.95. The van der Waals surface area contributed by atoms with Crippen LogP contribution in [0.4, 0.5) is 4.79 Å². The van der Waals surface area contributed by atoms with Crippen LogP contribution in [0.3, 0.4) is 0 Å². The van der Waals surface area contributed by atoms with E-state index in [0.717, 1.165) is 34.9 Å². The van der Waals surface area contributed by atoms with E-state index in [9.17, 15) is 9.59 Å². The van der Waals surface area contributed by atoms with E-state index in [-0.39, 0.29) is 12.1 Å². The first-order valence-electron chi connectivity index (χ1n) is 8.90. The van der Waals surface area contributed by atoms with Crippen molar-refractivity contribution in [2.75, 3.05) is 7.11 Å². The van der Waals surface area contributed by atoms with Crippen LogP contribution in [0.5, 0.6) is 5.75 Å². The predicted molar refractivity (Wildman–Crippen MR) is 101 cm³/mol. The summed E-state index contributed by atoms with van der Waals surface area (Å²) < 4.78 is 5.24. The van der Waals surface area contributed by atoms with Crippen molar-refractivity contribution < 1.29 is 14.3 Å². The third-order valence-electron chi connectivity index (χ3n) is 5.20. The zero-order valence-electron chi connectivity index (χ0n) is 15.2. The number of fused-ring (bicyclic) bond motifs is 1. The summed E-state index contributed by atoms with van der Waals surface area (Å²) in [5, 5.41) is 7.85. The Morgan fingerprint density at radius 3 is 2.42 bits per heavy atom. The Balaban J connectivity index is 1.71. The lowest BCUT2D eigenvalue weighted by atomic mass is 9.97. The van der Waals surface area contributed by atoms with E-state index in [4.69, 9.17) is 10.5 Å². The fourth-order valence-electron chi connectivity index (χ4n) is 3.58. The van der Waals surface area contributed by atoms with Crippen molar-refractivity contribution >= 4 is 22.7 Å². The van der Waals surface area contributed by atoms with Gasteiger partial charge in [-0.15, -0.1) is 0 Å². The highest BCUT2D eigenvalue weighted by Crippen LogP contribution is 2.29. The number of methoxy groups -OCH3 is 1. The molecule has 4 N–H and O–H groups in total. The van der Waals surface area contributed by atoms with Crippen LogP contribution < -0.4 is 21.1 Å². The lowest BCUT2D eigenvalue weighted by Gasteiger charge is -2.27. The summed E-state index contributed by atoms with van der Waals surface area (Å²) in [4.78, 5) is 24.2. The van der Waals surface area contributed by atoms with E-state index in [1.165, 1.54) is 0 Å². The third kappa shape index (κ3) is 3.59. The molecule has 1 aliphatic rings. The first-order valence-corrected chi connectivity index (χ1v) is 8.90. The number of primary amides is 1. The van der Waals surface area contributed by atoms with E-state index in [1.54, 1.807) is 7.11 Å². The van der Waals surface area contributed by atoms with Gasteiger partial charge in [0.15, 0.2) is 0 Å². The van der Waals surface area contributed by atoms with Crippen molar-refractivity contribution in [1.82, 2.24) is 10.6 Å². The lowest BCUT2D eigenvalue weighted by molar-refractivity contribution is -0.123. The molecule has 6 heteroatoms. The van der Waals surface area contributed by atoms with E-state index < -0.39 is 11.4 Å². The SMILES string of the molecule is COc1ccc2cc([C@@H](C)NC(=O)NC3(C(N)=O)CCCC3)ccc2c1. The van der Waals surface area contributed by atoms with Crippen molar-refractivity contribution in [1.29, 1.82) is 0 Å². The molecule has 0 bridgehead atoms. The average Bonchev–Trinajstić information content (AvgIpc) is 3.10. The van der Waals surface area contributed by atoms with Gasteiger partial charge in [-0.3, -0.25) is 4.79 Å². The average molecular weight is 355 g/mol. The molecule has 0 radical (unpaired) electrons. The number of carbonyl (C=O) groups excluding carboxylic acids is 2. The van der Waals surface area contributed by atoms with Gasteiger partial charge >= 0.3 is 6.03 Å². The van der Waals surface area contributed by atoms with Gasteiger partial charge in [0, 0.05) is 0 Å². The molecular weight excluding hydrogens is 330 g/mol. The molecule has 26 heavy (non-hydrogen) atoms. The van der Waals surface area contributed by atoms with Crippen molar-refractivity contribution in [3.63, 3.8) is 0 Å². The van der Waals surface area contributed by atoms with E-state index in [2.05, 4.69) is 10.6 Å². The molecule has 6 nitrogen and oxygen atoms in total. The maximum Gasteiger partial charge on any atom is 0.316 e. The van der Waals surface area contributed by atoms with E-state index in [1.807, 2.05) is 43.3 Å². The molecule has 1 atom stereocenters. The quantitative estimate of drug-likeness (QED) is 0.769. The molecule has 1 saturated carbocycles. The minimum Gasteiger partial charge on any atom is -0.497 e. The van der Waals surface area contributed by atoms with Crippen LogP contribution in [0, 0.1) is 0 Å². The van der Waals surface area contributed by atoms with Gasteiger partial charge < -0.3 is 21.1 Å². The Kier molecular flexibility index (Phi) is 5.02. The molecule has 3 amide bonds. The smallest absolute Gasteiger partial charge is 0.316 e. The molecule has 0 spiro atoms. The summed E-state index contributed by atoms with van der Waals surface area (Å²) in [5.74, 6) is 0.349. The maximum absolute atomic E-state index is 12.4. The van der Waals surface area contributed by atoms with Gasteiger partial charge in [-0.1, -0.05) is 31.0 Å². The minimum absolute atomic E-state index is 0.201. The zero-order chi connectivity index (χ0) is 18.7. The van der Waals surface area contributed by atoms with Crippen LogP contribution in [0.25, 0.3) is 10.8 Å². The van der Waals surface area contributed by atoms with E-state index in [0.29, 0.717) is 12.8 Å². The number of rotatable bonds is 5. The summed E-state index contributed by atoms with van der Waals surface area (Å²) in [6.45, 7) is 1.91. The van der Waals surface area contributed by atoms with E-state index >= 15 is 0 Å². The summed E-state index contributed by atoms with van der Waals surface area (Å²) in [5.41, 5.74) is 5.59. The van der Waals surface area contributed by atoms with Gasteiger partial charge in [-0.25, -0.2) is 4.79 Å². The van der Waals surface area contributed by atoms with Gasteiger partial charge in [0.25, 0.3) is 0 Å². The zero-order valence-corrected chi connectivity index (χ0v) is 15.2. The number of ether oxygens (including phenoxy) is 1. The Labute approximate surface area is 153 Å². The van der Waals surface area contributed by atoms with Crippen LogP contribution in [0.15, 0.2) is 36.4 Å². The number of hydrogen-bond donors (Lipinski definition) is 3. The fourth-order valence-corrected chi connectivity index (χ4v) is 3.58. The number of urea groups is 1. The van der Waals surface area contributed by atoms with Crippen LogP contribution in [-0.4, -0.2) is 24.6 Å². The summed E-state index contributed by atoms with van der Waals surface area (Å²) in [7, 11) is 1.64. The molecule has 2 aromatic rings. The molecule has 2 aromatic carbocycles. The molecule has 1 aliphatic carbocycles. The second kappa shape index (κ2) is 7.23. The monoisotopic (exact) mass is 355 g/mol. The first-order chi connectivity index (χ1) is 12.4. The largest absolute Gasteiger partial charge is 0.497 e. The topological polar surface area (TPSA) is 93.4 Å². The Bertz CT molecular complexity index is 828. The summed E-state index contributed by atoms with van der Waals surface area (Å²) in [6, 6.07) is 11.3. The Morgan fingerprint density at radius 2 is 1.77 bits per heavy atom. The number of nitrogens with two attached hydrogens (primary N) is 1. The Hall–Kier alpha value is -2.76. The number of hydrogen-bond acceptors (Lipinski definition) is 3. The fraction of sp³-hybridized carbons (Fsp3) is 0.400. The highest BCUT2D eigenvalue weighted by Gasteiger charge is 2.41. The third-order valence-corrected chi connectivity index (χ3v) is 5.20. The minimum atomic E-state index is -0.913. The first kappa shape index (κ1) is 18.0. The van der Waals surface area contributed by atoms with Crippen LogP contribution in [-0.2, 0) is 4.79 Å². The van der Waals surface area contributed by atoms with Crippen LogP contribution in [0.2, 0.25) is 0 Å². The molecule has 0 saturated heterocycles. The molecular formula is C20H25N3O3. The number of benzene rings is 2. The Morgan fingerprint density at radius 1 is 1.12 bits per heavy atom.